The van der Waals surface area contributed by atoms with E-state index in [1.54, 1.807) is 13.4 Å². The monoisotopic (exact) mass is 539 g/mol. The number of carbonyl (C=O) groups is 1. The number of ether oxygens (including phenoxy) is 2. The molecular weight excluding hydrogens is 506 g/mol. The van der Waals surface area contributed by atoms with Crippen molar-refractivity contribution in [1.29, 1.82) is 0 Å². The van der Waals surface area contributed by atoms with Crippen molar-refractivity contribution in [2.24, 2.45) is 0 Å². The highest BCUT2D eigenvalue weighted by Crippen LogP contribution is 2.39. The van der Waals surface area contributed by atoms with Crippen LogP contribution in [-0.4, -0.2) is 65.1 Å². The Morgan fingerprint density at radius 3 is 2.74 bits per heavy atom. The summed E-state index contributed by atoms with van der Waals surface area (Å²) in [7, 11) is 1.71. The number of aliphatic hydroxyl groups is 2. The Bertz CT molecular complexity index is 1380. The minimum absolute atomic E-state index is 0.273. The maximum Gasteiger partial charge on any atom is 0.370 e. The third kappa shape index (κ3) is 6.66. The van der Waals surface area contributed by atoms with Gasteiger partial charge in [0.15, 0.2) is 5.76 Å². The number of β-amino-alcohol motifs (C(OH)–C–C–N with tert-alkyl or cyclic N) is 1. The smallest absolute Gasteiger partial charge is 0.370 e. The minimum atomic E-state index is -1.38. The summed E-state index contributed by atoms with van der Waals surface area (Å²) in [5.74, 6) is 0.0273. The first kappa shape index (κ1) is 27.5. The topological polar surface area (TPSA) is 113 Å². The maximum absolute atomic E-state index is 10.6. The Kier molecular flexibility index (Phi) is 8.93. The molecule has 0 saturated carbocycles. The number of thiophene rings is 1. The molecule has 1 fully saturated rings. The number of aliphatic carboxylic acids is 1. The zero-order chi connectivity index (χ0) is 27.2. The van der Waals surface area contributed by atoms with E-state index in [1.165, 1.54) is 15.0 Å². The molecular formula is C29H33NO7S. The number of fused-ring (bicyclic) bond motifs is 2. The molecule has 1 saturated heterocycles. The van der Waals surface area contributed by atoms with E-state index < -0.39 is 17.8 Å². The van der Waals surface area contributed by atoms with Gasteiger partial charge in [-0.1, -0.05) is 6.07 Å². The Hall–Kier alpha value is -3.53. The van der Waals surface area contributed by atoms with Crippen molar-refractivity contribution in [3.05, 3.63) is 72.0 Å². The Labute approximate surface area is 225 Å². The number of methoxy groups -OCH3 is 1. The van der Waals surface area contributed by atoms with Gasteiger partial charge in [0.25, 0.3) is 0 Å². The summed E-state index contributed by atoms with van der Waals surface area (Å²) in [6.45, 7) is 6.86. The molecule has 0 radical (unpaired) electrons. The van der Waals surface area contributed by atoms with Crippen LogP contribution < -0.4 is 9.47 Å². The van der Waals surface area contributed by atoms with Crippen LogP contribution in [0.25, 0.3) is 21.1 Å². The summed E-state index contributed by atoms with van der Waals surface area (Å²) in [5.41, 5.74) is 0.798. The van der Waals surface area contributed by atoms with Crippen molar-refractivity contribution in [2.45, 2.75) is 37.8 Å². The van der Waals surface area contributed by atoms with Crippen LogP contribution in [0, 0.1) is 0 Å². The van der Waals surface area contributed by atoms with Crippen molar-refractivity contribution in [1.82, 2.24) is 4.90 Å². The van der Waals surface area contributed by atoms with Gasteiger partial charge in [0, 0.05) is 22.2 Å². The molecule has 9 heteroatoms. The van der Waals surface area contributed by atoms with Gasteiger partial charge in [0.1, 0.15) is 29.8 Å². The lowest BCUT2D eigenvalue weighted by atomic mass is 9.90. The van der Waals surface area contributed by atoms with Gasteiger partial charge in [-0.3, -0.25) is 4.90 Å². The van der Waals surface area contributed by atoms with Gasteiger partial charge in [-0.15, -0.1) is 11.3 Å². The van der Waals surface area contributed by atoms with Crippen LogP contribution >= 0.6 is 11.3 Å². The second-order valence-electron chi connectivity index (χ2n) is 9.42. The van der Waals surface area contributed by atoms with E-state index in [1.807, 2.05) is 41.7 Å². The molecule has 2 aromatic heterocycles. The van der Waals surface area contributed by atoms with E-state index in [0.29, 0.717) is 18.5 Å². The second kappa shape index (κ2) is 12.3. The van der Waals surface area contributed by atoms with E-state index >= 15 is 0 Å². The van der Waals surface area contributed by atoms with Gasteiger partial charge < -0.3 is 29.2 Å². The number of benzene rings is 2. The van der Waals surface area contributed by atoms with E-state index in [9.17, 15) is 9.90 Å². The lowest BCUT2D eigenvalue weighted by Gasteiger charge is -2.38. The lowest BCUT2D eigenvalue weighted by Crippen LogP contribution is -2.45. The highest BCUT2D eigenvalue weighted by Gasteiger charge is 2.29. The van der Waals surface area contributed by atoms with Gasteiger partial charge >= 0.3 is 5.97 Å². The number of furan rings is 1. The quantitative estimate of drug-likeness (QED) is 0.190. The minimum Gasteiger partial charge on any atom is -0.502 e. The number of hydrogen-bond donors (Lipinski definition) is 3. The fourth-order valence-corrected chi connectivity index (χ4v) is 5.95. The molecule has 1 aliphatic rings. The largest absolute Gasteiger partial charge is 0.502 e. The Morgan fingerprint density at radius 2 is 2.03 bits per heavy atom. The fraction of sp³-hybridized carbons (Fsp3) is 0.345. The Balaban J connectivity index is 0.000000505. The first-order valence-corrected chi connectivity index (χ1v) is 13.3. The van der Waals surface area contributed by atoms with Crippen molar-refractivity contribution >= 4 is 38.4 Å². The van der Waals surface area contributed by atoms with Gasteiger partial charge in [0.2, 0.25) is 0 Å². The fourth-order valence-electron chi connectivity index (χ4n) is 4.71. The summed E-state index contributed by atoms with van der Waals surface area (Å²) in [6, 6.07) is 16.7. The summed E-state index contributed by atoms with van der Waals surface area (Å²) >= 11 is 1.88. The van der Waals surface area contributed by atoms with E-state index in [2.05, 4.69) is 36.6 Å². The number of rotatable bonds is 8. The van der Waals surface area contributed by atoms with Crippen molar-refractivity contribution in [3.63, 3.8) is 0 Å². The van der Waals surface area contributed by atoms with Crippen molar-refractivity contribution in [3.8, 4) is 11.5 Å². The highest BCUT2D eigenvalue weighted by molar-refractivity contribution is 7.19. The number of likely N-dealkylation sites (tertiary alicyclic amines) is 1. The molecule has 202 valence electrons. The maximum atomic E-state index is 10.6. The van der Waals surface area contributed by atoms with Crippen molar-refractivity contribution < 1.29 is 34.0 Å². The standard InChI is InChI=1S/C26H29NO4S.C3H4O3/c1-17-12-19(25-13-18-6-7-21(29-2)14-26(18)32-25)8-10-27(17)15-20(28)16-31-24-5-3-4-23-22(24)9-11-30-23;1-2(4)3(5)6/h3-7,9,11,13-14,17,19-20,28H,8,10,12,15-16H2,1-2H3;4H,1H2,(H,5,6)/t17-,19-,20?;/m0./s1. The molecule has 0 bridgehead atoms. The SMILES string of the molecule is C=C(O)C(=O)O.COc1ccc2cc([C@H]3CCN(CC(O)COc4cccc5occc45)[C@@H](C)C3)sc2c1. The van der Waals surface area contributed by atoms with Gasteiger partial charge in [-0.25, -0.2) is 4.79 Å². The first-order chi connectivity index (χ1) is 18.2. The molecule has 3 N–H and O–H groups in total. The van der Waals surface area contributed by atoms with Crippen LogP contribution in [-0.2, 0) is 4.79 Å². The van der Waals surface area contributed by atoms with Gasteiger partial charge in [-0.05, 0) is 86.7 Å². The Morgan fingerprint density at radius 1 is 1.24 bits per heavy atom. The first-order valence-electron chi connectivity index (χ1n) is 12.4. The average molecular weight is 540 g/mol. The summed E-state index contributed by atoms with van der Waals surface area (Å²) < 4.78 is 18.0. The summed E-state index contributed by atoms with van der Waals surface area (Å²) in [4.78, 5) is 13.2. The predicted octanol–water partition coefficient (Wildman–Crippen LogP) is 5.81. The van der Waals surface area contributed by atoms with Crippen LogP contribution in [0.5, 0.6) is 11.5 Å². The van der Waals surface area contributed by atoms with Crippen LogP contribution in [0.4, 0.5) is 0 Å². The van der Waals surface area contributed by atoms with Crippen molar-refractivity contribution in [2.75, 3.05) is 26.8 Å². The second-order valence-corrected chi connectivity index (χ2v) is 10.5. The number of nitrogens with zero attached hydrogens (tertiary/aromatic N) is 1. The summed E-state index contributed by atoms with van der Waals surface area (Å²) in [6.07, 6.45) is 3.34. The third-order valence-corrected chi connectivity index (χ3v) is 8.00. The van der Waals surface area contributed by atoms with E-state index in [4.69, 9.17) is 24.1 Å². The number of carboxylic acids is 1. The zero-order valence-corrected chi connectivity index (χ0v) is 22.3. The van der Waals surface area contributed by atoms with Crippen LogP contribution in [0.3, 0.4) is 0 Å². The van der Waals surface area contributed by atoms with Gasteiger partial charge in [0.05, 0.1) is 18.8 Å². The summed E-state index contributed by atoms with van der Waals surface area (Å²) in [5, 5.41) is 28.3. The molecule has 3 atom stereocenters. The molecule has 3 heterocycles. The van der Waals surface area contributed by atoms with Crippen LogP contribution in [0.2, 0.25) is 0 Å². The van der Waals surface area contributed by atoms with Crippen LogP contribution in [0.15, 0.2) is 71.5 Å². The number of hydrogen-bond acceptors (Lipinski definition) is 8. The average Bonchev–Trinajstić information content (AvgIpc) is 3.56. The molecule has 4 aromatic rings. The predicted molar refractivity (Wildman–Crippen MR) is 149 cm³/mol. The molecule has 1 unspecified atom stereocenters. The number of aliphatic hydroxyl groups excluding tert-OH is 2. The molecule has 2 aromatic carbocycles. The van der Waals surface area contributed by atoms with Crippen LogP contribution in [0.1, 0.15) is 30.6 Å². The molecule has 1 aliphatic heterocycles. The zero-order valence-electron chi connectivity index (χ0n) is 21.5. The van der Waals surface area contributed by atoms with E-state index in [-0.39, 0.29) is 6.61 Å². The molecule has 38 heavy (non-hydrogen) atoms. The number of carboxylic acid groups (broad SMARTS) is 1. The molecule has 5 rings (SSSR count). The number of piperidine rings is 1. The molecule has 0 spiro atoms. The molecule has 8 nitrogen and oxygen atoms in total. The normalized spacial score (nSPS) is 18.5. The van der Waals surface area contributed by atoms with E-state index in [0.717, 1.165) is 41.9 Å². The highest BCUT2D eigenvalue weighted by atomic mass is 32.1. The van der Waals surface area contributed by atoms with Gasteiger partial charge in [-0.2, -0.15) is 0 Å². The molecule has 0 amide bonds. The lowest BCUT2D eigenvalue weighted by molar-refractivity contribution is -0.135. The third-order valence-electron chi connectivity index (χ3n) is 6.74. The molecule has 0 aliphatic carbocycles.